The van der Waals surface area contributed by atoms with E-state index in [9.17, 15) is 4.39 Å². The van der Waals surface area contributed by atoms with Crippen LogP contribution in [-0.2, 0) is 0 Å². The highest BCUT2D eigenvalue weighted by Gasteiger charge is 2.21. The fourth-order valence-corrected chi connectivity index (χ4v) is 3.72. The first kappa shape index (κ1) is 16.5. The fourth-order valence-electron chi connectivity index (χ4n) is 2.37. The van der Waals surface area contributed by atoms with Crippen LogP contribution < -0.4 is 15.5 Å². The summed E-state index contributed by atoms with van der Waals surface area (Å²) in [6, 6.07) is 5.11. The predicted molar refractivity (Wildman–Crippen MR) is 90.5 cm³/mol. The minimum atomic E-state index is -0.184. The van der Waals surface area contributed by atoms with Gasteiger partial charge in [0.05, 0.1) is 26.7 Å². The van der Waals surface area contributed by atoms with Gasteiger partial charge in [-0.15, -0.1) is 11.8 Å². The lowest BCUT2D eigenvalue weighted by Gasteiger charge is -2.27. The van der Waals surface area contributed by atoms with Gasteiger partial charge in [-0.2, -0.15) is 0 Å². The lowest BCUT2D eigenvalue weighted by molar-refractivity contribution is -0.858. The van der Waals surface area contributed by atoms with Crippen molar-refractivity contribution < 1.29 is 9.29 Å². The summed E-state index contributed by atoms with van der Waals surface area (Å²) in [4.78, 5) is 2.59. The molecule has 1 aliphatic heterocycles. The van der Waals surface area contributed by atoms with E-state index in [-0.39, 0.29) is 11.9 Å². The van der Waals surface area contributed by atoms with Gasteiger partial charge in [0.2, 0.25) is 0 Å². The topological polar surface area (TPSA) is 28.5 Å². The molecule has 0 saturated heterocycles. The average Bonchev–Trinajstić information content (AvgIpc) is 2.44. The molecule has 0 unspecified atom stereocenters. The molecule has 0 radical (unpaired) electrons. The highest BCUT2D eigenvalue weighted by Crippen LogP contribution is 2.36. The minimum absolute atomic E-state index is 0.108. The second kappa shape index (κ2) is 7.96. The van der Waals surface area contributed by atoms with Crippen LogP contribution in [0.15, 0.2) is 23.1 Å². The maximum absolute atomic E-state index is 13.4. The Morgan fingerprint density at radius 1 is 1.48 bits per heavy atom. The van der Waals surface area contributed by atoms with Crippen molar-refractivity contribution >= 4 is 29.1 Å². The van der Waals surface area contributed by atoms with E-state index < -0.39 is 0 Å². The molecule has 1 atom stereocenters. The standard InChI is InChI=1S/C15H22FN3S2/c1-19(2)8-3-7-17-15(20)18-13-6-9-21-14-5-4-11(16)10-12(13)14/h4-5,10,13H,3,6-9H2,1-2H3,(H2,17,18,20)/p+1/t13-/m1/s1. The number of quaternary nitrogens is 1. The SMILES string of the molecule is C[NH+](C)CCCNC(=S)N[C@@H]1CCSc2ccc(F)cc21. The Morgan fingerprint density at radius 3 is 3.05 bits per heavy atom. The number of hydrogen-bond acceptors (Lipinski definition) is 2. The van der Waals surface area contributed by atoms with Crippen LogP contribution in [0.25, 0.3) is 0 Å². The zero-order chi connectivity index (χ0) is 15.2. The maximum atomic E-state index is 13.4. The van der Waals surface area contributed by atoms with Crippen LogP contribution in [0, 0.1) is 5.82 Å². The number of fused-ring (bicyclic) bond motifs is 1. The molecule has 0 fully saturated rings. The third kappa shape index (κ3) is 5.13. The van der Waals surface area contributed by atoms with Crippen molar-refractivity contribution in [1.82, 2.24) is 10.6 Å². The molecule has 1 aromatic carbocycles. The number of thioether (sulfide) groups is 1. The van der Waals surface area contributed by atoms with E-state index in [2.05, 4.69) is 24.7 Å². The molecular weight excluding hydrogens is 305 g/mol. The first-order valence-electron chi connectivity index (χ1n) is 7.32. The monoisotopic (exact) mass is 328 g/mol. The zero-order valence-corrected chi connectivity index (χ0v) is 14.2. The molecule has 6 heteroatoms. The van der Waals surface area contributed by atoms with Crippen LogP contribution in [0.4, 0.5) is 4.39 Å². The first-order chi connectivity index (χ1) is 10.1. The van der Waals surface area contributed by atoms with E-state index >= 15 is 0 Å². The molecule has 1 heterocycles. The number of halogens is 1. The van der Waals surface area contributed by atoms with Crippen molar-refractivity contribution in [3.05, 3.63) is 29.6 Å². The second-order valence-electron chi connectivity index (χ2n) is 5.58. The first-order valence-corrected chi connectivity index (χ1v) is 8.71. The molecule has 0 bridgehead atoms. The third-order valence-corrected chi connectivity index (χ3v) is 4.84. The normalized spacial score (nSPS) is 17.4. The molecule has 3 N–H and O–H groups in total. The van der Waals surface area contributed by atoms with Gasteiger partial charge >= 0.3 is 0 Å². The summed E-state index contributed by atoms with van der Waals surface area (Å²) in [6.45, 7) is 1.98. The van der Waals surface area contributed by atoms with Crippen molar-refractivity contribution in [2.75, 3.05) is 32.9 Å². The van der Waals surface area contributed by atoms with Crippen molar-refractivity contribution in [3.63, 3.8) is 0 Å². The molecule has 0 saturated carbocycles. The number of nitrogens with one attached hydrogen (secondary N) is 3. The fraction of sp³-hybridized carbons (Fsp3) is 0.533. The Hall–Kier alpha value is -0.850. The summed E-state index contributed by atoms with van der Waals surface area (Å²) < 4.78 is 13.4. The van der Waals surface area contributed by atoms with Crippen molar-refractivity contribution in [1.29, 1.82) is 0 Å². The lowest BCUT2D eigenvalue weighted by Crippen LogP contribution is -3.05. The van der Waals surface area contributed by atoms with Gasteiger partial charge in [0.25, 0.3) is 0 Å². The third-order valence-electron chi connectivity index (χ3n) is 3.46. The minimum Gasteiger partial charge on any atom is -0.362 e. The molecular formula is C15H23FN3S2+. The number of rotatable bonds is 5. The van der Waals surface area contributed by atoms with E-state index in [1.54, 1.807) is 17.8 Å². The van der Waals surface area contributed by atoms with Gasteiger partial charge in [-0.1, -0.05) is 0 Å². The highest BCUT2D eigenvalue weighted by atomic mass is 32.2. The molecule has 116 valence electrons. The molecule has 21 heavy (non-hydrogen) atoms. The number of thiocarbonyl (C=S) groups is 1. The van der Waals surface area contributed by atoms with Crippen molar-refractivity contribution in [2.45, 2.75) is 23.8 Å². The Kier molecular flexibility index (Phi) is 6.26. The van der Waals surface area contributed by atoms with Gasteiger partial charge < -0.3 is 15.5 Å². The van der Waals surface area contributed by atoms with E-state index in [1.165, 1.54) is 11.0 Å². The Labute approximate surface area is 135 Å². The van der Waals surface area contributed by atoms with E-state index in [4.69, 9.17) is 12.2 Å². The molecule has 1 aliphatic rings. The molecule has 0 aliphatic carbocycles. The van der Waals surface area contributed by atoms with Crippen molar-refractivity contribution in [2.24, 2.45) is 0 Å². The highest BCUT2D eigenvalue weighted by molar-refractivity contribution is 7.99. The number of hydrogen-bond donors (Lipinski definition) is 3. The van der Waals surface area contributed by atoms with Crippen LogP contribution in [0.2, 0.25) is 0 Å². The summed E-state index contributed by atoms with van der Waals surface area (Å²) in [5, 5.41) is 7.22. The summed E-state index contributed by atoms with van der Waals surface area (Å²) >= 11 is 7.13. The van der Waals surface area contributed by atoms with Crippen LogP contribution in [0.1, 0.15) is 24.4 Å². The largest absolute Gasteiger partial charge is 0.362 e. The van der Waals surface area contributed by atoms with Gasteiger partial charge in [-0.25, -0.2) is 4.39 Å². The second-order valence-corrected chi connectivity index (χ2v) is 7.13. The van der Waals surface area contributed by atoms with Crippen LogP contribution in [-0.4, -0.2) is 38.1 Å². The summed E-state index contributed by atoms with van der Waals surface area (Å²) in [5.74, 6) is 0.846. The van der Waals surface area contributed by atoms with Crippen LogP contribution in [0.5, 0.6) is 0 Å². The Balaban J connectivity index is 1.86. The van der Waals surface area contributed by atoms with E-state index in [1.807, 2.05) is 6.07 Å². The molecule has 0 amide bonds. The van der Waals surface area contributed by atoms with Crippen molar-refractivity contribution in [3.8, 4) is 0 Å². The zero-order valence-electron chi connectivity index (χ0n) is 12.5. The Morgan fingerprint density at radius 2 is 2.29 bits per heavy atom. The lowest BCUT2D eigenvalue weighted by atomic mass is 10.0. The summed E-state index contributed by atoms with van der Waals surface area (Å²) in [7, 11) is 4.28. The molecule has 1 aromatic rings. The van der Waals surface area contributed by atoms with Gasteiger partial charge in [0, 0.05) is 23.6 Å². The summed E-state index contributed by atoms with van der Waals surface area (Å²) in [5.41, 5.74) is 1.02. The Bertz CT molecular complexity index is 494. The van der Waals surface area contributed by atoms with Gasteiger partial charge in [-0.3, -0.25) is 0 Å². The molecule has 3 nitrogen and oxygen atoms in total. The van der Waals surface area contributed by atoms with Crippen LogP contribution >= 0.6 is 24.0 Å². The van der Waals surface area contributed by atoms with Gasteiger partial charge in [0.15, 0.2) is 5.11 Å². The summed E-state index contributed by atoms with van der Waals surface area (Å²) in [6.07, 6.45) is 2.04. The van der Waals surface area contributed by atoms with Gasteiger partial charge in [0.1, 0.15) is 5.82 Å². The average molecular weight is 329 g/mol. The maximum Gasteiger partial charge on any atom is 0.166 e. The van der Waals surface area contributed by atoms with Crippen LogP contribution in [0.3, 0.4) is 0 Å². The van der Waals surface area contributed by atoms with E-state index in [0.717, 1.165) is 42.1 Å². The predicted octanol–water partition coefficient (Wildman–Crippen LogP) is 1.36. The molecule has 2 rings (SSSR count). The quantitative estimate of drug-likeness (QED) is 0.562. The van der Waals surface area contributed by atoms with Gasteiger partial charge in [-0.05, 0) is 42.4 Å². The smallest absolute Gasteiger partial charge is 0.166 e. The molecule has 0 aromatic heterocycles. The van der Waals surface area contributed by atoms with E-state index in [0.29, 0.717) is 5.11 Å². The molecule has 0 spiro atoms. The number of benzene rings is 1.